The number of esters is 1. The van der Waals surface area contributed by atoms with Crippen LogP contribution >= 0.6 is 0 Å². The quantitative estimate of drug-likeness (QED) is 0.352. The second kappa shape index (κ2) is 8.82. The van der Waals surface area contributed by atoms with Gasteiger partial charge in [-0.1, -0.05) is 36.4 Å². The van der Waals surface area contributed by atoms with Crippen molar-refractivity contribution in [3.05, 3.63) is 75.6 Å². The van der Waals surface area contributed by atoms with E-state index in [2.05, 4.69) is 15.5 Å². The number of carbonyl (C=O) groups is 2. The first kappa shape index (κ1) is 21.1. The maximum Gasteiger partial charge on any atom is 0.357 e. The zero-order valence-electron chi connectivity index (χ0n) is 17.8. The van der Waals surface area contributed by atoms with E-state index < -0.39 is 5.97 Å². The van der Waals surface area contributed by atoms with Crippen molar-refractivity contribution in [2.45, 2.75) is 41.2 Å². The third-order valence-electron chi connectivity index (χ3n) is 5.00. The summed E-state index contributed by atoms with van der Waals surface area (Å²) in [6.07, 6.45) is 1.68. The lowest BCUT2D eigenvalue weighted by Crippen LogP contribution is -2.16. The minimum absolute atomic E-state index is 0.00782. The number of tetrazole rings is 1. The molecule has 0 aliphatic carbocycles. The average molecular weight is 404 g/mol. The van der Waals surface area contributed by atoms with E-state index in [4.69, 9.17) is 4.74 Å². The number of Topliss-reactive ketones (excluding diaryl/α,β-unsaturated/α-hetero) is 1. The first-order valence-electron chi connectivity index (χ1n) is 9.59. The summed E-state index contributed by atoms with van der Waals surface area (Å²) in [5.74, 6) is -0.0970. The molecule has 0 atom stereocenters. The van der Waals surface area contributed by atoms with Gasteiger partial charge in [-0.3, -0.25) is 4.79 Å². The van der Waals surface area contributed by atoms with Gasteiger partial charge in [0.05, 0.1) is 0 Å². The molecule has 7 heteroatoms. The average Bonchev–Trinajstić information content (AvgIpc) is 3.11. The highest BCUT2D eigenvalue weighted by Gasteiger charge is 2.20. The molecule has 154 valence electrons. The Labute approximate surface area is 175 Å². The molecular weight excluding hydrogens is 380 g/mol. The topological polar surface area (TPSA) is 87.0 Å². The summed E-state index contributed by atoms with van der Waals surface area (Å²) < 4.78 is 6.99. The Balaban J connectivity index is 1.93. The second-order valence-electron chi connectivity index (χ2n) is 7.20. The van der Waals surface area contributed by atoms with Gasteiger partial charge in [0, 0.05) is 5.56 Å². The van der Waals surface area contributed by atoms with E-state index in [9.17, 15) is 9.59 Å². The van der Waals surface area contributed by atoms with Gasteiger partial charge in [-0.15, -0.1) is 5.10 Å². The van der Waals surface area contributed by atoms with Crippen LogP contribution in [0.15, 0.2) is 36.4 Å². The Morgan fingerprint density at radius 2 is 1.77 bits per heavy atom. The van der Waals surface area contributed by atoms with Crippen molar-refractivity contribution in [2.24, 2.45) is 0 Å². The standard InChI is InChI=1S/C23H24N4O3/c1-14-11-15(2)22(17(4)28)16(3)20(14)13-30-23(29)21(27-18(5)24-25-26-27)12-19-9-7-6-8-10-19/h6-12H,13H2,1-5H3/b21-12-. The first-order chi connectivity index (χ1) is 14.3. The molecule has 1 heterocycles. The molecule has 1 aromatic heterocycles. The maximum absolute atomic E-state index is 13.0. The van der Waals surface area contributed by atoms with Crippen LogP contribution < -0.4 is 0 Å². The number of ether oxygens (including phenoxy) is 1. The smallest absolute Gasteiger partial charge is 0.357 e. The summed E-state index contributed by atoms with van der Waals surface area (Å²) in [5, 5.41) is 11.4. The zero-order chi connectivity index (χ0) is 21.8. The molecular formula is C23H24N4O3. The second-order valence-corrected chi connectivity index (χ2v) is 7.20. The van der Waals surface area contributed by atoms with E-state index in [1.807, 2.05) is 57.2 Å². The van der Waals surface area contributed by atoms with Crippen molar-refractivity contribution in [1.29, 1.82) is 0 Å². The summed E-state index contributed by atoms with van der Waals surface area (Å²) in [4.78, 5) is 25.1. The fraction of sp³-hybridized carbons (Fsp3) is 0.261. The lowest BCUT2D eigenvalue weighted by molar-refractivity contribution is -0.138. The predicted molar refractivity (Wildman–Crippen MR) is 114 cm³/mol. The molecule has 0 saturated carbocycles. The van der Waals surface area contributed by atoms with Gasteiger partial charge < -0.3 is 4.74 Å². The Hall–Kier alpha value is -3.61. The minimum Gasteiger partial charge on any atom is -0.456 e. The van der Waals surface area contributed by atoms with E-state index in [0.717, 1.165) is 27.8 Å². The number of ketones is 1. The molecule has 0 radical (unpaired) electrons. The number of hydrogen-bond acceptors (Lipinski definition) is 6. The van der Waals surface area contributed by atoms with E-state index in [-0.39, 0.29) is 18.1 Å². The van der Waals surface area contributed by atoms with Gasteiger partial charge in [0.15, 0.2) is 17.3 Å². The first-order valence-corrected chi connectivity index (χ1v) is 9.59. The van der Waals surface area contributed by atoms with Crippen LogP contribution in [0.4, 0.5) is 0 Å². The Morgan fingerprint density at radius 3 is 2.37 bits per heavy atom. The Morgan fingerprint density at radius 1 is 1.07 bits per heavy atom. The lowest BCUT2D eigenvalue weighted by atomic mass is 9.92. The maximum atomic E-state index is 13.0. The molecule has 3 rings (SSSR count). The number of hydrogen-bond donors (Lipinski definition) is 0. The Kier molecular flexibility index (Phi) is 6.20. The summed E-state index contributed by atoms with van der Waals surface area (Å²) in [6.45, 7) is 9.03. The highest BCUT2D eigenvalue weighted by atomic mass is 16.5. The van der Waals surface area contributed by atoms with Crippen LogP contribution in [-0.4, -0.2) is 32.0 Å². The molecule has 7 nitrogen and oxygen atoms in total. The summed E-state index contributed by atoms with van der Waals surface area (Å²) in [5.41, 5.74) is 5.24. The van der Waals surface area contributed by atoms with Gasteiger partial charge in [0.2, 0.25) is 0 Å². The van der Waals surface area contributed by atoms with Crippen molar-refractivity contribution < 1.29 is 14.3 Å². The minimum atomic E-state index is -0.557. The van der Waals surface area contributed by atoms with Gasteiger partial charge in [-0.25, -0.2) is 4.79 Å². The fourth-order valence-electron chi connectivity index (χ4n) is 3.57. The molecule has 0 saturated heterocycles. The largest absolute Gasteiger partial charge is 0.456 e. The molecule has 0 bridgehead atoms. The molecule has 0 fully saturated rings. The van der Waals surface area contributed by atoms with Crippen molar-refractivity contribution in [3.8, 4) is 0 Å². The molecule has 0 unspecified atom stereocenters. The number of aromatic nitrogens is 4. The number of aryl methyl sites for hydroxylation is 3. The van der Waals surface area contributed by atoms with Crippen LogP contribution in [0.25, 0.3) is 11.8 Å². The van der Waals surface area contributed by atoms with Crippen molar-refractivity contribution in [2.75, 3.05) is 0 Å². The van der Waals surface area contributed by atoms with E-state index in [1.165, 1.54) is 4.68 Å². The summed E-state index contributed by atoms with van der Waals surface area (Å²) in [7, 11) is 0. The SMILES string of the molecule is CC(=O)c1c(C)cc(C)c(COC(=O)/C(=C/c2ccccc2)n2nnnc2C)c1C. The molecule has 0 amide bonds. The fourth-order valence-corrected chi connectivity index (χ4v) is 3.57. The van der Waals surface area contributed by atoms with Crippen LogP contribution in [0.3, 0.4) is 0 Å². The third-order valence-corrected chi connectivity index (χ3v) is 5.00. The number of carbonyl (C=O) groups excluding carboxylic acids is 2. The van der Waals surface area contributed by atoms with E-state index in [0.29, 0.717) is 11.4 Å². The number of benzene rings is 2. The monoisotopic (exact) mass is 404 g/mol. The van der Waals surface area contributed by atoms with E-state index in [1.54, 1.807) is 19.9 Å². The highest BCUT2D eigenvalue weighted by Crippen LogP contribution is 2.24. The van der Waals surface area contributed by atoms with Crippen molar-refractivity contribution in [1.82, 2.24) is 20.2 Å². The van der Waals surface area contributed by atoms with Gasteiger partial charge in [0.25, 0.3) is 0 Å². The summed E-state index contributed by atoms with van der Waals surface area (Å²) >= 11 is 0. The number of nitrogens with zero attached hydrogens (tertiary/aromatic N) is 4. The normalized spacial score (nSPS) is 11.4. The van der Waals surface area contributed by atoms with E-state index >= 15 is 0 Å². The van der Waals surface area contributed by atoms with Gasteiger partial charge >= 0.3 is 5.97 Å². The van der Waals surface area contributed by atoms with Gasteiger partial charge in [0.1, 0.15) is 6.61 Å². The Bertz CT molecular complexity index is 1130. The van der Waals surface area contributed by atoms with Crippen LogP contribution in [0.1, 0.15) is 50.9 Å². The number of rotatable bonds is 6. The molecule has 3 aromatic rings. The van der Waals surface area contributed by atoms with Gasteiger partial charge in [-0.05, 0) is 78.9 Å². The molecule has 0 N–H and O–H groups in total. The molecule has 0 aliphatic rings. The zero-order valence-corrected chi connectivity index (χ0v) is 17.8. The molecule has 0 aliphatic heterocycles. The van der Waals surface area contributed by atoms with Crippen LogP contribution in [0, 0.1) is 27.7 Å². The molecule has 2 aromatic carbocycles. The lowest BCUT2D eigenvalue weighted by Gasteiger charge is -2.16. The van der Waals surface area contributed by atoms with Crippen LogP contribution in [0.2, 0.25) is 0 Å². The predicted octanol–water partition coefficient (Wildman–Crippen LogP) is 3.85. The van der Waals surface area contributed by atoms with Gasteiger partial charge in [-0.2, -0.15) is 4.68 Å². The van der Waals surface area contributed by atoms with Crippen molar-refractivity contribution >= 4 is 23.5 Å². The molecule has 0 spiro atoms. The third kappa shape index (κ3) is 4.35. The molecule has 30 heavy (non-hydrogen) atoms. The van der Waals surface area contributed by atoms with Crippen LogP contribution in [0.5, 0.6) is 0 Å². The van der Waals surface area contributed by atoms with Crippen molar-refractivity contribution in [3.63, 3.8) is 0 Å². The summed E-state index contributed by atoms with van der Waals surface area (Å²) in [6, 6.07) is 11.3. The van der Waals surface area contributed by atoms with Crippen LogP contribution in [-0.2, 0) is 16.1 Å². The highest BCUT2D eigenvalue weighted by molar-refractivity contribution is 6.15.